The molecule has 2 aromatic carbocycles. The average molecular weight is 592 g/mol. The molecule has 4 heterocycles. The molecule has 0 unspecified atom stereocenters. The summed E-state index contributed by atoms with van der Waals surface area (Å²) in [6, 6.07) is 16.8. The lowest BCUT2D eigenvalue weighted by Crippen LogP contribution is -2.25. The van der Waals surface area contributed by atoms with Gasteiger partial charge in [0, 0.05) is 60.6 Å². The van der Waals surface area contributed by atoms with Crippen molar-refractivity contribution in [1.29, 1.82) is 0 Å². The van der Waals surface area contributed by atoms with E-state index in [1.54, 1.807) is 57.1 Å². The standard InChI is InChI=1S/C35H33N3O6/c1-22-4-6-23(7-5-22)28-20-38(25-11-14-43-15-12-25)21-29(35(28)40)31(39)16-24-8-9-26(19-37-24)44-32-10-13-36-30-18-34(42-3)33(41-2)17-27(30)32/h4-10,13,17-21,25H,11-12,14-16H2,1-3H3. The molecule has 1 aliphatic heterocycles. The molecule has 1 fully saturated rings. The van der Waals surface area contributed by atoms with Crippen LogP contribution in [0.5, 0.6) is 23.0 Å². The van der Waals surface area contributed by atoms with Crippen molar-refractivity contribution in [2.75, 3.05) is 27.4 Å². The van der Waals surface area contributed by atoms with E-state index in [4.69, 9.17) is 18.9 Å². The van der Waals surface area contributed by atoms with Gasteiger partial charge in [0.2, 0.25) is 0 Å². The van der Waals surface area contributed by atoms with Gasteiger partial charge in [-0.25, -0.2) is 0 Å². The number of benzene rings is 2. The van der Waals surface area contributed by atoms with Gasteiger partial charge in [-0.3, -0.25) is 19.6 Å². The number of methoxy groups -OCH3 is 2. The van der Waals surface area contributed by atoms with Crippen LogP contribution in [0.25, 0.3) is 22.0 Å². The number of aryl methyl sites for hydroxylation is 1. The summed E-state index contributed by atoms with van der Waals surface area (Å²) in [4.78, 5) is 36.2. The Bertz CT molecular complexity index is 1860. The van der Waals surface area contributed by atoms with Gasteiger partial charge in [0.15, 0.2) is 22.7 Å². The highest BCUT2D eigenvalue weighted by Crippen LogP contribution is 2.36. The monoisotopic (exact) mass is 591 g/mol. The molecule has 3 aromatic heterocycles. The van der Waals surface area contributed by atoms with Crippen LogP contribution >= 0.6 is 0 Å². The maximum Gasteiger partial charge on any atom is 0.200 e. The van der Waals surface area contributed by atoms with E-state index in [2.05, 4.69) is 9.97 Å². The van der Waals surface area contributed by atoms with Gasteiger partial charge in [-0.1, -0.05) is 29.8 Å². The number of Topliss-reactive ketones (excluding diaryl/α,β-unsaturated/α-hetero) is 1. The first-order valence-corrected chi connectivity index (χ1v) is 14.5. The third kappa shape index (κ3) is 6.05. The quantitative estimate of drug-likeness (QED) is 0.183. The van der Waals surface area contributed by atoms with Crippen LogP contribution in [0.1, 0.15) is 40.5 Å². The molecule has 1 aliphatic rings. The topological polar surface area (TPSA) is 102 Å². The third-order valence-corrected chi connectivity index (χ3v) is 7.89. The molecule has 9 nitrogen and oxygen atoms in total. The Morgan fingerprint density at radius 3 is 2.39 bits per heavy atom. The molecule has 9 heteroatoms. The highest BCUT2D eigenvalue weighted by Gasteiger charge is 2.22. The highest BCUT2D eigenvalue weighted by atomic mass is 16.5. The Kier molecular flexibility index (Phi) is 8.38. The molecule has 0 atom stereocenters. The van der Waals surface area contributed by atoms with E-state index in [0.717, 1.165) is 29.4 Å². The van der Waals surface area contributed by atoms with Crippen LogP contribution in [0.2, 0.25) is 0 Å². The number of rotatable bonds is 9. The minimum Gasteiger partial charge on any atom is -0.493 e. The zero-order valence-electron chi connectivity index (χ0n) is 24.9. The summed E-state index contributed by atoms with van der Waals surface area (Å²) in [7, 11) is 3.15. The predicted molar refractivity (Wildman–Crippen MR) is 167 cm³/mol. The van der Waals surface area contributed by atoms with Crippen molar-refractivity contribution in [3.8, 4) is 34.1 Å². The summed E-state index contributed by atoms with van der Waals surface area (Å²) in [5, 5.41) is 0.749. The fourth-order valence-corrected chi connectivity index (χ4v) is 5.43. The lowest BCUT2D eigenvalue weighted by molar-refractivity contribution is 0.0693. The molecule has 6 rings (SSSR count). The van der Waals surface area contributed by atoms with E-state index in [9.17, 15) is 9.59 Å². The molecule has 5 aromatic rings. The van der Waals surface area contributed by atoms with Crippen LogP contribution in [-0.4, -0.2) is 47.8 Å². The fourth-order valence-electron chi connectivity index (χ4n) is 5.43. The maximum absolute atomic E-state index is 13.7. The minimum atomic E-state index is -0.285. The molecule has 0 aliphatic carbocycles. The second-order valence-electron chi connectivity index (χ2n) is 10.8. The van der Waals surface area contributed by atoms with Crippen molar-refractivity contribution in [2.45, 2.75) is 32.2 Å². The molecular formula is C35H33N3O6. The first kappa shape index (κ1) is 29.1. The highest BCUT2D eigenvalue weighted by molar-refractivity contribution is 5.98. The van der Waals surface area contributed by atoms with Crippen molar-refractivity contribution >= 4 is 16.7 Å². The molecule has 0 N–H and O–H groups in total. The number of carbonyl (C=O) groups is 1. The van der Waals surface area contributed by atoms with Gasteiger partial charge >= 0.3 is 0 Å². The number of pyridine rings is 3. The molecule has 44 heavy (non-hydrogen) atoms. The third-order valence-electron chi connectivity index (χ3n) is 7.89. The van der Waals surface area contributed by atoms with E-state index >= 15 is 0 Å². The van der Waals surface area contributed by atoms with Crippen molar-refractivity contribution < 1.29 is 23.7 Å². The average Bonchev–Trinajstić information content (AvgIpc) is 3.06. The number of carbonyl (C=O) groups excluding carboxylic acids is 1. The Balaban J connectivity index is 1.26. The Hall–Kier alpha value is -5.02. The van der Waals surface area contributed by atoms with Crippen molar-refractivity contribution in [3.05, 3.63) is 106 Å². The number of aromatic nitrogens is 3. The molecule has 0 radical (unpaired) electrons. The summed E-state index contributed by atoms with van der Waals surface area (Å²) >= 11 is 0. The van der Waals surface area contributed by atoms with Crippen LogP contribution in [0.3, 0.4) is 0 Å². The normalized spacial score (nSPS) is 13.5. The van der Waals surface area contributed by atoms with Crippen molar-refractivity contribution in [1.82, 2.24) is 14.5 Å². The molecule has 224 valence electrons. The van der Waals surface area contributed by atoms with Gasteiger partial charge in [-0.2, -0.15) is 0 Å². The summed E-state index contributed by atoms with van der Waals surface area (Å²) in [5.41, 5.74) is 3.50. The van der Waals surface area contributed by atoms with Gasteiger partial charge in [0.05, 0.1) is 37.9 Å². The maximum atomic E-state index is 13.7. The molecular weight excluding hydrogens is 558 g/mol. The Morgan fingerprint density at radius 2 is 1.68 bits per heavy atom. The van der Waals surface area contributed by atoms with Gasteiger partial charge in [0.1, 0.15) is 11.5 Å². The summed E-state index contributed by atoms with van der Waals surface area (Å²) in [6.07, 6.45) is 8.42. The summed E-state index contributed by atoms with van der Waals surface area (Å²) < 4.78 is 24.5. The molecule has 0 amide bonds. The van der Waals surface area contributed by atoms with Crippen LogP contribution in [-0.2, 0) is 11.2 Å². The molecule has 0 spiro atoms. The van der Waals surface area contributed by atoms with Gasteiger partial charge in [-0.15, -0.1) is 0 Å². The second-order valence-corrected chi connectivity index (χ2v) is 10.8. The molecule has 0 saturated carbocycles. The number of nitrogens with zero attached hydrogens (tertiary/aromatic N) is 3. The first-order valence-electron chi connectivity index (χ1n) is 14.5. The lowest BCUT2D eigenvalue weighted by atomic mass is 9.99. The van der Waals surface area contributed by atoms with E-state index < -0.39 is 0 Å². The Morgan fingerprint density at radius 1 is 0.932 bits per heavy atom. The van der Waals surface area contributed by atoms with Gasteiger partial charge in [-0.05, 0) is 49.6 Å². The van der Waals surface area contributed by atoms with Crippen LogP contribution in [0.4, 0.5) is 0 Å². The van der Waals surface area contributed by atoms with E-state index in [1.165, 1.54) is 0 Å². The smallest absolute Gasteiger partial charge is 0.200 e. The fraction of sp³-hybridized carbons (Fsp3) is 0.257. The van der Waals surface area contributed by atoms with Crippen LogP contribution < -0.4 is 19.6 Å². The number of fused-ring (bicyclic) bond motifs is 1. The second kappa shape index (κ2) is 12.7. The summed E-state index contributed by atoms with van der Waals surface area (Å²) in [6.45, 7) is 3.30. The number of ether oxygens (including phenoxy) is 4. The van der Waals surface area contributed by atoms with Gasteiger partial charge in [0.25, 0.3) is 0 Å². The van der Waals surface area contributed by atoms with Crippen LogP contribution in [0.15, 0.2) is 84.2 Å². The summed E-state index contributed by atoms with van der Waals surface area (Å²) in [5.74, 6) is 1.92. The first-order chi connectivity index (χ1) is 21.4. The SMILES string of the molecule is COc1cc2nccc(Oc3ccc(CC(=O)c4cn(C5CCOCC5)cc(-c5ccc(C)cc5)c4=O)nc3)c2cc1OC. The van der Waals surface area contributed by atoms with E-state index in [1.807, 2.05) is 48.0 Å². The zero-order chi connectivity index (χ0) is 30.6. The Labute approximate surface area is 255 Å². The number of hydrogen-bond acceptors (Lipinski definition) is 8. The minimum absolute atomic E-state index is 0.0180. The van der Waals surface area contributed by atoms with Crippen molar-refractivity contribution in [3.63, 3.8) is 0 Å². The molecule has 1 saturated heterocycles. The van der Waals surface area contributed by atoms with Crippen molar-refractivity contribution in [2.24, 2.45) is 0 Å². The number of ketones is 1. The van der Waals surface area contributed by atoms with E-state index in [0.29, 0.717) is 53.0 Å². The van der Waals surface area contributed by atoms with E-state index in [-0.39, 0.29) is 29.2 Å². The predicted octanol–water partition coefficient (Wildman–Crippen LogP) is 6.35. The molecule has 0 bridgehead atoms. The zero-order valence-corrected chi connectivity index (χ0v) is 24.9. The van der Waals surface area contributed by atoms with Gasteiger partial charge < -0.3 is 23.5 Å². The largest absolute Gasteiger partial charge is 0.493 e. The lowest BCUT2D eigenvalue weighted by Gasteiger charge is -2.26. The van der Waals surface area contributed by atoms with Crippen LogP contribution in [0, 0.1) is 6.92 Å². The number of hydrogen-bond donors (Lipinski definition) is 0.